The highest BCUT2D eigenvalue weighted by molar-refractivity contribution is 7.12. The number of rotatable bonds is 6. The number of amides is 1. The van der Waals surface area contributed by atoms with Crippen LogP contribution < -0.4 is 4.74 Å². The summed E-state index contributed by atoms with van der Waals surface area (Å²) in [7, 11) is 0. The van der Waals surface area contributed by atoms with E-state index in [4.69, 9.17) is 4.74 Å². The van der Waals surface area contributed by atoms with Gasteiger partial charge in [0.1, 0.15) is 5.75 Å². The lowest BCUT2D eigenvalue weighted by atomic mass is 10.1. The monoisotopic (exact) mass is 410 g/mol. The van der Waals surface area contributed by atoms with E-state index in [0.717, 1.165) is 15.5 Å². The molecule has 1 aliphatic heterocycles. The van der Waals surface area contributed by atoms with Gasteiger partial charge < -0.3 is 4.74 Å². The molecule has 5 nitrogen and oxygen atoms in total. The molecule has 0 radical (unpaired) electrons. The maximum Gasteiger partial charge on any atom is 0.281 e. The molecular weight excluding hydrogens is 392 g/mol. The third kappa shape index (κ3) is 3.76. The zero-order valence-electron chi connectivity index (χ0n) is 15.2. The van der Waals surface area contributed by atoms with Crippen LogP contribution in [-0.2, 0) is 4.79 Å². The quantitative estimate of drug-likeness (QED) is 0.550. The molecule has 0 N–H and O–H groups in total. The third-order valence-electron chi connectivity index (χ3n) is 4.46. The fraction of sp³-hybridized carbons (Fsp3) is 0.190. The van der Waals surface area contributed by atoms with Crippen molar-refractivity contribution in [3.63, 3.8) is 0 Å². The second-order valence-corrected chi connectivity index (χ2v) is 8.27. The van der Waals surface area contributed by atoms with E-state index in [9.17, 15) is 9.59 Å². The summed E-state index contributed by atoms with van der Waals surface area (Å²) in [5, 5.41) is 10.1. The van der Waals surface area contributed by atoms with Gasteiger partial charge in [0.15, 0.2) is 12.4 Å². The molecule has 0 saturated carbocycles. The maximum atomic E-state index is 12.9. The Hall–Kier alpha value is -2.77. The van der Waals surface area contributed by atoms with E-state index in [-0.39, 0.29) is 24.3 Å². The van der Waals surface area contributed by atoms with Gasteiger partial charge in [0.2, 0.25) is 0 Å². The van der Waals surface area contributed by atoms with Crippen molar-refractivity contribution in [2.24, 2.45) is 5.10 Å². The van der Waals surface area contributed by atoms with Gasteiger partial charge in [-0.1, -0.05) is 24.3 Å². The average molecular weight is 411 g/mol. The Balaban J connectivity index is 1.55. The smallest absolute Gasteiger partial charge is 0.281 e. The van der Waals surface area contributed by atoms with Gasteiger partial charge in [0.05, 0.1) is 22.2 Å². The van der Waals surface area contributed by atoms with Crippen LogP contribution in [0.2, 0.25) is 0 Å². The van der Waals surface area contributed by atoms with E-state index < -0.39 is 0 Å². The van der Waals surface area contributed by atoms with Crippen LogP contribution in [0.4, 0.5) is 0 Å². The Kier molecular flexibility index (Phi) is 5.36. The number of carbonyl (C=O) groups excluding carboxylic acids is 2. The first-order valence-corrected chi connectivity index (χ1v) is 10.6. The summed E-state index contributed by atoms with van der Waals surface area (Å²) in [5.74, 6) is 0.0830. The van der Waals surface area contributed by atoms with Crippen molar-refractivity contribution < 1.29 is 14.3 Å². The number of ketones is 1. The molecule has 0 unspecified atom stereocenters. The van der Waals surface area contributed by atoms with E-state index in [0.29, 0.717) is 17.7 Å². The first kappa shape index (κ1) is 18.6. The van der Waals surface area contributed by atoms with Gasteiger partial charge in [-0.25, -0.2) is 5.01 Å². The highest BCUT2D eigenvalue weighted by Crippen LogP contribution is 2.36. The first-order chi connectivity index (χ1) is 13.6. The Morgan fingerprint density at radius 2 is 1.89 bits per heavy atom. The maximum absolute atomic E-state index is 12.9. The largest absolute Gasteiger partial charge is 0.483 e. The molecule has 0 saturated heterocycles. The summed E-state index contributed by atoms with van der Waals surface area (Å²) in [6, 6.07) is 14.8. The number of carbonyl (C=O) groups is 2. The van der Waals surface area contributed by atoms with E-state index in [2.05, 4.69) is 5.10 Å². The highest BCUT2D eigenvalue weighted by Gasteiger charge is 2.34. The van der Waals surface area contributed by atoms with Crippen LogP contribution in [0.5, 0.6) is 5.75 Å². The van der Waals surface area contributed by atoms with Crippen LogP contribution in [0.1, 0.15) is 39.5 Å². The molecule has 1 aromatic carbocycles. The van der Waals surface area contributed by atoms with Gasteiger partial charge in [-0.2, -0.15) is 5.10 Å². The standard InChI is InChI=1S/C21H18N2O3S2/c1-14(24)15-6-2-3-7-18(15)26-13-21(25)23-17(20-9-5-11-28-20)12-16(22-23)19-8-4-10-27-19/h2-11,17H,12-13H2,1H3/t17-/m1/s1. The lowest BCUT2D eigenvalue weighted by Gasteiger charge is -2.21. The fourth-order valence-electron chi connectivity index (χ4n) is 3.12. The number of hydrazone groups is 1. The Bertz CT molecular complexity index is 1010. The van der Waals surface area contributed by atoms with Crippen molar-refractivity contribution in [1.29, 1.82) is 0 Å². The summed E-state index contributed by atoms with van der Waals surface area (Å²) in [6.07, 6.45) is 0.677. The highest BCUT2D eigenvalue weighted by atomic mass is 32.1. The molecule has 1 amide bonds. The molecule has 1 atom stereocenters. The molecule has 1 aliphatic rings. The SMILES string of the molecule is CC(=O)c1ccccc1OCC(=O)N1N=C(c2cccs2)C[C@@H]1c1cccs1. The minimum absolute atomic E-state index is 0.0984. The summed E-state index contributed by atoms with van der Waals surface area (Å²) in [5.41, 5.74) is 1.38. The van der Waals surface area contributed by atoms with Crippen molar-refractivity contribution in [3.05, 3.63) is 74.6 Å². The molecule has 28 heavy (non-hydrogen) atoms. The number of hydrogen-bond donors (Lipinski definition) is 0. The summed E-state index contributed by atoms with van der Waals surface area (Å²) >= 11 is 3.23. The Labute approximate surface area is 170 Å². The van der Waals surface area contributed by atoms with Crippen molar-refractivity contribution in [2.75, 3.05) is 6.61 Å². The number of hydrogen-bond acceptors (Lipinski definition) is 6. The van der Waals surface area contributed by atoms with E-state index >= 15 is 0 Å². The molecule has 4 rings (SSSR count). The molecule has 0 bridgehead atoms. The van der Waals surface area contributed by atoms with Gasteiger partial charge in [0.25, 0.3) is 5.91 Å². The lowest BCUT2D eigenvalue weighted by Crippen LogP contribution is -2.31. The molecule has 2 aromatic heterocycles. The molecule has 0 fully saturated rings. The van der Waals surface area contributed by atoms with Crippen molar-refractivity contribution >= 4 is 40.1 Å². The average Bonchev–Trinajstić information content (AvgIpc) is 3.46. The number of benzene rings is 1. The topological polar surface area (TPSA) is 59.0 Å². The second-order valence-electron chi connectivity index (χ2n) is 6.34. The number of nitrogens with zero attached hydrogens (tertiary/aromatic N) is 2. The van der Waals surface area contributed by atoms with Crippen molar-refractivity contribution in [2.45, 2.75) is 19.4 Å². The van der Waals surface area contributed by atoms with Crippen LogP contribution in [0.25, 0.3) is 0 Å². The summed E-state index contributed by atoms with van der Waals surface area (Å²) in [4.78, 5) is 26.9. The molecule has 142 valence electrons. The van der Waals surface area contributed by atoms with Gasteiger partial charge in [-0.3, -0.25) is 9.59 Å². The first-order valence-electron chi connectivity index (χ1n) is 8.83. The number of ether oxygens (including phenoxy) is 1. The van der Waals surface area contributed by atoms with Gasteiger partial charge in [-0.15, -0.1) is 22.7 Å². The summed E-state index contributed by atoms with van der Waals surface area (Å²) in [6.45, 7) is 1.31. The zero-order chi connectivity index (χ0) is 19.5. The molecular formula is C21H18N2O3S2. The molecule has 7 heteroatoms. The predicted octanol–water partition coefficient (Wildman–Crippen LogP) is 4.77. The number of Topliss-reactive ketones (excluding diaryl/α,β-unsaturated/α-hetero) is 1. The fourth-order valence-corrected chi connectivity index (χ4v) is 4.66. The molecule has 0 aliphatic carbocycles. The van der Waals surface area contributed by atoms with Crippen molar-refractivity contribution in [1.82, 2.24) is 5.01 Å². The van der Waals surface area contributed by atoms with Crippen LogP contribution in [-0.4, -0.2) is 29.0 Å². The molecule has 3 aromatic rings. The van der Waals surface area contributed by atoms with Crippen LogP contribution in [0.3, 0.4) is 0 Å². The predicted molar refractivity (Wildman–Crippen MR) is 111 cm³/mol. The van der Waals surface area contributed by atoms with Crippen LogP contribution in [0, 0.1) is 0 Å². The van der Waals surface area contributed by atoms with E-state index in [1.54, 1.807) is 46.9 Å². The number of thiophene rings is 2. The minimum atomic E-state index is -0.233. The van der Waals surface area contributed by atoms with E-state index in [1.807, 2.05) is 35.0 Å². The van der Waals surface area contributed by atoms with Gasteiger partial charge in [-0.05, 0) is 41.9 Å². The third-order valence-corrected chi connectivity index (χ3v) is 6.35. The summed E-state index contributed by atoms with van der Waals surface area (Å²) < 4.78 is 5.69. The van der Waals surface area contributed by atoms with Crippen LogP contribution >= 0.6 is 22.7 Å². The Morgan fingerprint density at radius 3 is 2.61 bits per heavy atom. The zero-order valence-corrected chi connectivity index (χ0v) is 16.8. The second kappa shape index (κ2) is 8.08. The lowest BCUT2D eigenvalue weighted by molar-refractivity contribution is -0.135. The minimum Gasteiger partial charge on any atom is -0.483 e. The normalized spacial score (nSPS) is 16.1. The van der Waals surface area contributed by atoms with Crippen LogP contribution in [0.15, 0.2) is 64.4 Å². The van der Waals surface area contributed by atoms with Gasteiger partial charge >= 0.3 is 0 Å². The molecule has 3 heterocycles. The Morgan fingerprint density at radius 1 is 1.11 bits per heavy atom. The van der Waals surface area contributed by atoms with Gasteiger partial charge in [0, 0.05) is 11.3 Å². The van der Waals surface area contributed by atoms with E-state index in [1.165, 1.54) is 11.9 Å². The van der Waals surface area contributed by atoms with Crippen molar-refractivity contribution in [3.8, 4) is 5.75 Å². The molecule has 0 spiro atoms. The number of para-hydroxylation sites is 1.